The van der Waals surface area contributed by atoms with Crippen molar-refractivity contribution in [2.24, 2.45) is 23.7 Å². The van der Waals surface area contributed by atoms with Gasteiger partial charge in [0.05, 0.1) is 60.2 Å². The topological polar surface area (TPSA) is 151 Å². The summed E-state index contributed by atoms with van der Waals surface area (Å²) in [4.78, 5) is 63.4. The molecule has 6 atom stereocenters. The number of phenolic OH excluding ortho intramolecular Hbond substituents is 1. The van der Waals surface area contributed by atoms with E-state index in [0.29, 0.717) is 33.5 Å². The summed E-state index contributed by atoms with van der Waals surface area (Å²) in [6.07, 6.45) is -3.23. The van der Waals surface area contributed by atoms with Gasteiger partial charge in [-0.2, -0.15) is 23.2 Å². The largest absolute Gasteiger partial charge is 0.502 e. The number of hydrazine groups is 2. The number of carbonyl (C=O) groups is 4. The fourth-order valence-corrected chi connectivity index (χ4v) is 10.2. The van der Waals surface area contributed by atoms with Crippen LogP contribution in [-0.2, 0) is 30.8 Å². The highest BCUT2D eigenvalue weighted by atomic mass is 35.5. The standard InChI is InChI=1S/C42H35Cl3F3N5O8/c1-51(36-27(44)12-14-32(49-36)42(46,47)48)53-37(55)24-11-10-23-25(33(24)39(53)57)18-26-38(56)52(50-29-13-7-21(43)17-28(29)45)40(58)41(26,20-5-8-22(59-2)9-6-20)34(23)19-15-30(60-3)35(54)31(16-19)61-4/h5-10,12-17,24-26,33-34,50,54H,11,18H2,1-4H3/t24-,25+,26-,33-,34-,41+/m0/s1. The third-order valence-electron chi connectivity index (χ3n) is 12.1. The Morgan fingerprint density at radius 1 is 0.852 bits per heavy atom. The second-order valence-corrected chi connectivity index (χ2v) is 16.2. The number of hydrogen-bond donors (Lipinski definition) is 2. The van der Waals surface area contributed by atoms with Gasteiger partial charge in [-0.25, -0.2) is 4.98 Å². The molecule has 13 nitrogen and oxygen atoms in total. The van der Waals surface area contributed by atoms with Crippen LogP contribution in [-0.4, -0.2) is 72.1 Å². The number of alkyl halides is 3. The number of ether oxygens (including phenoxy) is 3. The van der Waals surface area contributed by atoms with E-state index in [4.69, 9.17) is 49.0 Å². The number of anilines is 2. The molecule has 2 N–H and O–H groups in total. The molecule has 4 aromatic rings. The van der Waals surface area contributed by atoms with E-state index in [0.717, 1.165) is 21.1 Å². The lowest BCUT2D eigenvalue weighted by molar-refractivity contribution is -0.142. The minimum Gasteiger partial charge on any atom is -0.502 e. The summed E-state index contributed by atoms with van der Waals surface area (Å²) in [5.41, 5.74) is 1.34. The zero-order chi connectivity index (χ0) is 43.9. The van der Waals surface area contributed by atoms with Crippen LogP contribution in [0.2, 0.25) is 15.1 Å². The highest BCUT2D eigenvalue weighted by molar-refractivity contribution is 6.36. The first-order chi connectivity index (χ1) is 29.0. The average Bonchev–Trinajstić information content (AvgIpc) is 3.61. The Morgan fingerprint density at radius 3 is 2.13 bits per heavy atom. The first kappa shape index (κ1) is 42.0. The molecule has 3 aromatic carbocycles. The van der Waals surface area contributed by atoms with Gasteiger partial charge in [0.15, 0.2) is 17.3 Å². The Labute approximate surface area is 361 Å². The summed E-state index contributed by atoms with van der Waals surface area (Å²) in [5.74, 6) is -8.59. The molecular weight excluding hydrogens is 866 g/mol. The zero-order valence-corrected chi connectivity index (χ0v) is 34.9. The molecule has 19 heteroatoms. The van der Waals surface area contributed by atoms with Crippen molar-refractivity contribution in [2.75, 3.05) is 38.8 Å². The van der Waals surface area contributed by atoms with Gasteiger partial charge in [-0.1, -0.05) is 58.6 Å². The maximum atomic E-state index is 15.6. The second-order valence-electron chi connectivity index (χ2n) is 15.0. The number of halogens is 6. The molecule has 61 heavy (non-hydrogen) atoms. The highest BCUT2D eigenvalue weighted by Crippen LogP contribution is 2.65. The van der Waals surface area contributed by atoms with Gasteiger partial charge in [0, 0.05) is 18.0 Å². The van der Waals surface area contributed by atoms with E-state index in [2.05, 4.69) is 10.4 Å². The molecule has 2 aliphatic heterocycles. The molecule has 0 radical (unpaired) electrons. The number of carbonyl (C=O) groups excluding carboxylic acids is 4. The minimum absolute atomic E-state index is 0.0164. The maximum absolute atomic E-state index is 15.6. The molecule has 3 fully saturated rings. The molecule has 8 rings (SSSR count). The van der Waals surface area contributed by atoms with Crippen LogP contribution in [0.25, 0.3) is 0 Å². The number of pyridine rings is 1. The average molecular weight is 901 g/mol. The number of phenols is 1. The number of methoxy groups -OCH3 is 3. The van der Waals surface area contributed by atoms with E-state index in [1.807, 2.05) is 0 Å². The number of nitrogens with one attached hydrogen (secondary N) is 1. The number of benzene rings is 3. The molecule has 1 aromatic heterocycles. The van der Waals surface area contributed by atoms with Gasteiger partial charge in [0.1, 0.15) is 11.4 Å². The summed E-state index contributed by atoms with van der Waals surface area (Å²) in [6.45, 7) is 0. The lowest BCUT2D eigenvalue weighted by atomic mass is 9.49. The zero-order valence-electron chi connectivity index (χ0n) is 32.6. The summed E-state index contributed by atoms with van der Waals surface area (Å²) in [6, 6.07) is 15.8. The van der Waals surface area contributed by atoms with Crippen LogP contribution in [0.15, 0.2) is 78.4 Å². The number of aromatic hydroxyl groups is 1. The quantitative estimate of drug-likeness (QED) is 0.125. The normalized spacial score (nSPS) is 24.6. The smallest absolute Gasteiger partial charge is 0.433 e. The number of hydrogen-bond acceptors (Lipinski definition) is 11. The van der Waals surface area contributed by atoms with Crippen molar-refractivity contribution in [2.45, 2.75) is 30.4 Å². The number of rotatable bonds is 9. The van der Waals surface area contributed by atoms with Gasteiger partial charge >= 0.3 is 6.18 Å². The molecule has 2 saturated heterocycles. The van der Waals surface area contributed by atoms with Crippen molar-refractivity contribution < 1.29 is 51.7 Å². The van der Waals surface area contributed by atoms with Crippen LogP contribution in [0.4, 0.5) is 24.7 Å². The van der Waals surface area contributed by atoms with Crippen LogP contribution in [0.5, 0.6) is 23.0 Å². The number of fused-ring (bicyclic) bond motifs is 4. The molecule has 4 amide bonds. The van der Waals surface area contributed by atoms with E-state index in [1.165, 1.54) is 58.7 Å². The van der Waals surface area contributed by atoms with E-state index in [-0.39, 0.29) is 45.8 Å². The first-order valence-corrected chi connectivity index (χ1v) is 19.9. The molecule has 4 aliphatic rings. The van der Waals surface area contributed by atoms with Gasteiger partial charge in [0.2, 0.25) is 5.75 Å². The Balaban J connectivity index is 1.32. The summed E-state index contributed by atoms with van der Waals surface area (Å²) >= 11 is 19.0. The molecular formula is C42H35Cl3F3N5O8. The Bertz CT molecular complexity index is 2520. The van der Waals surface area contributed by atoms with Crippen LogP contribution in [0.1, 0.15) is 35.6 Å². The summed E-state index contributed by atoms with van der Waals surface area (Å²) in [7, 11) is 5.36. The van der Waals surface area contributed by atoms with Gasteiger partial charge in [-0.3, -0.25) is 29.6 Å². The van der Waals surface area contributed by atoms with Crippen LogP contribution >= 0.6 is 34.8 Å². The molecule has 0 spiro atoms. The van der Waals surface area contributed by atoms with Crippen molar-refractivity contribution in [3.05, 3.63) is 110 Å². The Hall–Kier alpha value is -5.71. The van der Waals surface area contributed by atoms with Gasteiger partial charge in [0.25, 0.3) is 23.6 Å². The molecule has 318 valence electrons. The number of amides is 4. The van der Waals surface area contributed by atoms with Crippen molar-refractivity contribution >= 4 is 69.9 Å². The molecule has 0 unspecified atom stereocenters. The van der Waals surface area contributed by atoms with Crippen LogP contribution < -0.4 is 24.6 Å². The van der Waals surface area contributed by atoms with E-state index < -0.39 is 76.3 Å². The van der Waals surface area contributed by atoms with Crippen molar-refractivity contribution in [3.63, 3.8) is 0 Å². The molecule has 1 saturated carbocycles. The lowest BCUT2D eigenvalue weighted by Gasteiger charge is -2.50. The Morgan fingerprint density at radius 2 is 1.52 bits per heavy atom. The van der Waals surface area contributed by atoms with E-state index in [9.17, 15) is 27.9 Å². The fourth-order valence-electron chi connectivity index (χ4n) is 9.49. The third kappa shape index (κ3) is 6.49. The van der Waals surface area contributed by atoms with Crippen molar-refractivity contribution in [3.8, 4) is 23.0 Å². The van der Waals surface area contributed by atoms with E-state index in [1.54, 1.807) is 30.3 Å². The van der Waals surface area contributed by atoms with Crippen LogP contribution in [0, 0.1) is 23.7 Å². The SMILES string of the molecule is COc1ccc([C@@]23C(=O)N(Nc4ccc(Cl)cc4Cl)C(=O)[C@@H]2C[C@@H]2C(=CC[C@@H]4C(=O)N(N(C)c5nc(C(F)(F)F)ccc5Cl)C(=O)[C@@H]42)[C@@H]3c2cc(OC)c(O)c(OC)c2)cc1. The number of imide groups is 2. The predicted molar refractivity (Wildman–Crippen MR) is 216 cm³/mol. The number of nitrogens with zero attached hydrogens (tertiary/aromatic N) is 4. The molecule has 0 bridgehead atoms. The number of aromatic nitrogens is 1. The Kier molecular flexibility index (Phi) is 10.6. The third-order valence-corrected chi connectivity index (χ3v) is 13.0. The summed E-state index contributed by atoms with van der Waals surface area (Å²) < 4.78 is 57.9. The predicted octanol–water partition coefficient (Wildman–Crippen LogP) is 7.83. The molecule has 3 heterocycles. The minimum atomic E-state index is -4.86. The van der Waals surface area contributed by atoms with E-state index >= 15 is 9.59 Å². The summed E-state index contributed by atoms with van der Waals surface area (Å²) in [5, 5.41) is 13.8. The molecule has 2 aliphatic carbocycles. The first-order valence-electron chi connectivity index (χ1n) is 18.7. The van der Waals surface area contributed by atoms with Crippen molar-refractivity contribution in [1.82, 2.24) is 15.0 Å². The van der Waals surface area contributed by atoms with Crippen molar-refractivity contribution in [1.29, 1.82) is 0 Å². The fraction of sp³-hybridized carbons (Fsp3) is 0.310. The monoisotopic (exact) mass is 899 g/mol. The highest BCUT2D eigenvalue weighted by Gasteiger charge is 2.70. The maximum Gasteiger partial charge on any atom is 0.433 e. The van der Waals surface area contributed by atoms with Gasteiger partial charge in [-0.05, 0) is 84.5 Å². The number of allylic oxidation sites excluding steroid dienone is 2. The second kappa shape index (κ2) is 15.3. The lowest BCUT2D eigenvalue weighted by Crippen LogP contribution is -2.53. The van der Waals surface area contributed by atoms with Gasteiger partial charge < -0.3 is 19.3 Å². The van der Waals surface area contributed by atoms with Crippen LogP contribution in [0.3, 0.4) is 0 Å². The van der Waals surface area contributed by atoms with Gasteiger partial charge in [-0.15, -0.1) is 0 Å².